The van der Waals surface area contributed by atoms with Crippen molar-refractivity contribution in [2.75, 3.05) is 6.54 Å². The molecule has 2 aromatic rings. The van der Waals surface area contributed by atoms with E-state index in [0.29, 0.717) is 40.9 Å². The quantitative estimate of drug-likeness (QED) is 0.898. The summed E-state index contributed by atoms with van der Waals surface area (Å²) in [6.45, 7) is 2.88. The first kappa shape index (κ1) is 13.5. The number of H-pyrrole nitrogens is 1. The van der Waals surface area contributed by atoms with E-state index < -0.39 is 0 Å². The number of nitrogens with zero attached hydrogens (tertiary/aromatic N) is 2. The summed E-state index contributed by atoms with van der Waals surface area (Å²) in [4.78, 5) is 29.3. The molecule has 0 aromatic carbocycles. The third kappa shape index (κ3) is 2.23. The molecule has 2 atom stereocenters. The molecule has 6 heteroatoms. The lowest BCUT2D eigenvalue weighted by atomic mass is 10.1. The molecule has 116 valence electrons. The topological polar surface area (TPSA) is 79.8 Å². The molecule has 2 aromatic heterocycles. The van der Waals surface area contributed by atoms with E-state index in [2.05, 4.69) is 22.3 Å². The Morgan fingerprint density at radius 1 is 1.50 bits per heavy atom. The van der Waals surface area contributed by atoms with Crippen molar-refractivity contribution in [2.45, 2.75) is 32.1 Å². The van der Waals surface area contributed by atoms with Crippen LogP contribution in [0.15, 0.2) is 10.9 Å². The molecule has 0 saturated heterocycles. The molecule has 0 spiro atoms. The minimum Gasteiger partial charge on any atom is -0.352 e. The van der Waals surface area contributed by atoms with E-state index in [9.17, 15) is 9.59 Å². The van der Waals surface area contributed by atoms with Crippen molar-refractivity contribution in [1.29, 1.82) is 0 Å². The Morgan fingerprint density at radius 2 is 2.23 bits per heavy atom. The number of aromatic amines is 1. The van der Waals surface area contributed by atoms with E-state index in [1.165, 1.54) is 6.42 Å². The molecule has 0 unspecified atom stereocenters. The highest BCUT2D eigenvalue weighted by atomic mass is 16.2. The smallest absolute Gasteiger partial charge is 0.274 e. The number of carbonyl (C=O) groups is 1. The fourth-order valence-electron chi connectivity index (χ4n) is 3.05. The Hall–Kier alpha value is -2.11. The Morgan fingerprint density at radius 3 is 2.86 bits per heavy atom. The third-order valence-corrected chi connectivity index (χ3v) is 4.88. The number of pyridine rings is 1. The molecule has 4 rings (SSSR count). The van der Waals surface area contributed by atoms with Crippen LogP contribution in [0, 0.1) is 11.8 Å². The Balaban J connectivity index is 1.73. The largest absolute Gasteiger partial charge is 0.352 e. The van der Waals surface area contributed by atoms with E-state index >= 15 is 0 Å². The van der Waals surface area contributed by atoms with Gasteiger partial charge in [0.1, 0.15) is 0 Å². The van der Waals surface area contributed by atoms with Gasteiger partial charge in [-0.15, -0.1) is 0 Å². The summed E-state index contributed by atoms with van der Waals surface area (Å²) >= 11 is 0. The number of hydrogen-bond donors (Lipinski definition) is 2. The minimum atomic E-state index is -0.253. The summed E-state index contributed by atoms with van der Waals surface area (Å²) in [6, 6.07) is 1.81. The van der Waals surface area contributed by atoms with Crippen molar-refractivity contribution in [1.82, 2.24) is 20.1 Å². The highest BCUT2D eigenvalue weighted by molar-refractivity contribution is 6.05. The van der Waals surface area contributed by atoms with Gasteiger partial charge in [0.25, 0.3) is 11.5 Å². The normalized spacial score (nSPS) is 23.7. The van der Waals surface area contributed by atoms with Crippen LogP contribution in [0.4, 0.5) is 0 Å². The monoisotopic (exact) mass is 300 g/mol. The molecular weight excluding hydrogens is 280 g/mol. The van der Waals surface area contributed by atoms with Crippen LogP contribution >= 0.6 is 0 Å². The number of rotatable bonds is 4. The first-order chi connectivity index (χ1) is 10.5. The first-order valence-electron chi connectivity index (χ1n) is 7.92. The van der Waals surface area contributed by atoms with Crippen LogP contribution in [0.1, 0.15) is 48.2 Å². The summed E-state index contributed by atoms with van der Waals surface area (Å²) in [5.41, 5.74) is 1.70. The Kier molecular flexibility index (Phi) is 2.89. The summed E-state index contributed by atoms with van der Waals surface area (Å²) in [5, 5.41) is 6.07. The van der Waals surface area contributed by atoms with Gasteiger partial charge in [0.15, 0.2) is 5.65 Å². The van der Waals surface area contributed by atoms with E-state index in [4.69, 9.17) is 0 Å². The van der Waals surface area contributed by atoms with Crippen molar-refractivity contribution in [2.24, 2.45) is 18.9 Å². The molecule has 2 aliphatic carbocycles. The second kappa shape index (κ2) is 4.69. The zero-order valence-corrected chi connectivity index (χ0v) is 12.8. The molecule has 0 bridgehead atoms. The zero-order valence-electron chi connectivity index (χ0n) is 12.8. The number of carbonyl (C=O) groups excluding carboxylic acids is 1. The van der Waals surface area contributed by atoms with Gasteiger partial charge in [-0.25, -0.2) is 4.98 Å². The predicted octanol–water partition coefficient (Wildman–Crippen LogP) is 1.52. The highest BCUT2D eigenvalue weighted by Crippen LogP contribution is 2.40. The molecule has 1 amide bonds. The van der Waals surface area contributed by atoms with Crippen molar-refractivity contribution in [3.05, 3.63) is 27.7 Å². The molecule has 2 fully saturated rings. The van der Waals surface area contributed by atoms with Crippen LogP contribution in [0.2, 0.25) is 0 Å². The van der Waals surface area contributed by atoms with Crippen LogP contribution in [0.25, 0.3) is 11.0 Å². The van der Waals surface area contributed by atoms with Crippen molar-refractivity contribution in [3.63, 3.8) is 0 Å². The van der Waals surface area contributed by atoms with Crippen molar-refractivity contribution in [3.8, 4) is 0 Å². The van der Waals surface area contributed by atoms with Gasteiger partial charge >= 0.3 is 0 Å². The molecule has 2 N–H and O–H groups in total. The minimum absolute atomic E-state index is 0.162. The van der Waals surface area contributed by atoms with Gasteiger partial charge in [0.2, 0.25) is 0 Å². The van der Waals surface area contributed by atoms with Gasteiger partial charge < -0.3 is 5.32 Å². The number of aromatic nitrogens is 3. The number of fused-ring (bicyclic) bond motifs is 1. The molecule has 0 radical (unpaired) electrons. The first-order valence-corrected chi connectivity index (χ1v) is 7.92. The fourth-order valence-corrected chi connectivity index (χ4v) is 3.05. The van der Waals surface area contributed by atoms with Crippen molar-refractivity contribution < 1.29 is 4.79 Å². The maximum Gasteiger partial charge on any atom is 0.274 e. The van der Waals surface area contributed by atoms with Gasteiger partial charge in [-0.2, -0.15) is 0 Å². The highest BCUT2D eigenvalue weighted by Gasteiger charge is 2.33. The lowest BCUT2D eigenvalue weighted by Gasteiger charge is -2.08. The fraction of sp³-hybridized carbons (Fsp3) is 0.562. The maximum atomic E-state index is 12.6. The zero-order chi connectivity index (χ0) is 15.4. The Labute approximate surface area is 127 Å². The third-order valence-electron chi connectivity index (χ3n) is 4.88. The molecule has 2 saturated carbocycles. The lowest BCUT2D eigenvalue weighted by molar-refractivity contribution is 0.0953. The molecule has 22 heavy (non-hydrogen) atoms. The average Bonchev–Trinajstić information content (AvgIpc) is 3.39. The van der Waals surface area contributed by atoms with Gasteiger partial charge in [-0.1, -0.05) is 6.92 Å². The average molecular weight is 300 g/mol. The van der Waals surface area contributed by atoms with E-state index in [1.807, 2.05) is 0 Å². The van der Waals surface area contributed by atoms with Crippen LogP contribution < -0.4 is 10.9 Å². The summed E-state index contributed by atoms with van der Waals surface area (Å²) in [7, 11) is 1.75. The number of amides is 1. The van der Waals surface area contributed by atoms with Gasteiger partial charge in [0, 0.05) is 25.2 Å². The lowest BCUT2D eigenvalue weighted by Crippen LogP contribution is -2.27. The SMILES string of the molecule is C[C@H]1C[C@@H]1CNC(=O)c1cc(C2CC2)nc2c1c(=O)[nH]n2C. The second-order valence-electron chi connectivity index (χ2n) is 6.75. The Bertz CT molecular complexity index is 815. The predicted molar refractivity (Wildman–Crippen MR) is 82.9 cm³/mol. The molecule has 2 aliphatic rings. The summed E-state index contributed by atoms with van der Waals surface area (Å²) < 4.78 is 1.60. The van der Waals surface area contributed by atoms with E-state index in [1.54, 1.807) is 17.8 Å². The second-order valence-corrected chi connectivity index (χ2v) is 6.75. The van der Waals surface area contributed by atoms with E-state index in [-0.39, 0.29) is 11.5 Å². The number of nitrogens with one attached hydrogen (secondary N) is 2. The maximum absolute atomic E-state index is 12.6. The molecule has 0 aliphatic heterocycles. The number of aryl methyl sites for hydroxylation is 1. The van der Waals surface area contributed by atoms with Crippen LogP contribution in [-0.4, -0.2) is 27.2 Å². The van der Waals surface area contributed by atoms with E-state index in [0.717, 1.165) is 18.5 Å². The van der Waals surface area contributed by atoms with Gasteiger partial charge in [0.05, 0.1) is 10.9 Å². The summed E-state index contributed by atoms with van der Waals surface area (Å²) in [5.74, 6) is 1.55. The summed E-state index contributed by atoms with van der Waals surface area (Å²) in [6.07, 6.45) is 3.39. The van der Waals surface area contributed by atoms with Gasteiger partial charge in [-0.3, -0.25) is 19.4 Å². The number of hydrogen-bond acceptors (Lipinski definition) is 3. The van der Waals surface area contributed by atoms with Crippen LogP contribution in [-0.2, 0) is 7.05 Å². The molecule has 6 nitrogen and oxygen atoms in total. The standard InChI is InChI=1S/C16H20N4O2/c1-8-5-10(8)7-17-15(21)11-6-12(9-3-4-9)18-14-13(11)16(22)19-20(14)2/h6,8-10H,3-5,7H2,1-2H3,(H,17,21)(H,19,22)/t8-,10+/m0/s1. The molecular formula is C16H20N4O2. The van der Waals surface area contributed by atoms with Crippen LogP contribution in [0.3, 0.4) is 0 Å². The van der Waals surface area contributed by atoms with Crippen LogP contribution in [0.5, 0.6) is 0 Å². The van der Waals surface area contributed by atoms with Gasteiger partial charge in [-0.05, 0) is 37.2 Å². The molecule has 2 heterocycles. The van der Waals surface area contributed by atoms with Crippen molar-refractivity contribution >= 4 is 16.9 Å².